The Bertz CT molecular complexity index is 1130. The quantitative estimate of drug-likeness (QED) is 0.333. The van der Waals surface area contributed by atoms with Crippen molar-refractivity contribution in [3.05, 3.63) is 87.5 Å². The molecule has 3 aliphatic rings. The molecule has 150 valence electrons. The van der Waals surface area contributed by atoms with Crippen LogP contribution >= 0.6 is 0 Å². The molecule has 5 rings (SSSR count). The molecular weight excluding hydrogens is 380 g/mol. The topological polar surface area (TPSA) is 80.5 Å². The molecule has 2 bridgehead atoms. The summed E-state index contributed by atoms with van der Waals surface area (Å²) in [4.78, 5) is 38.7. The second kappa shape index (κ2) is 6.49. The fraction of sp³-hybridized carbons (Fsp3) is 0.250. The van der Waals surface area contributed by atoms with Crippen molar-refractivity contribution in [1.82, 2.24) is 0 Å². The lowest BCUT2D eigenvalue weighted by atomic mass is 9.85. The molecule has 0 unspecified atom stereocenters. The molecule has 1 saturated carbocycles. The monoisotopic (exact) mass is 400 g/mol. The van der Waals surface area contributed by atoms with Gasteiger partial charge in [0, 0.05) is 24.0 Å². The van der Waals surface area contributed by atoms with Gasteiger partial charge in [-0.05, 0) is 30.5 Å². The van der Waals surface area contributed by atoms with E-state index in [0.29, 0.717) is 11.3 Å². The van der Waals surface area contributed by atoms with E-state index in [1.165, 1.54) is 17.0 Å². The van der Waals surface area contributed by atoms with Crippen molar-refractivity contribution < 1.29 is 14.5 Å². The van der Waals surface area contributed by atoms with Gasteiger partial charge < -0.3 is 0 Å². The molecule has 6 heteroatoms. The predicted molar refractivity (Wildman–Crippen MR) is 112 cm³/mol. The lowest BCUT2D eigenvalue weighted by molar-refractivity contribution is -0.384. The average Bonchev–Trinajstić information content (AvgIpc) is 3.38. The van der Waals surface area contributed by atoms with Gasteiger partial charge in [-0.1, -0.05) is 54.1 Å². The lowest BCUT2D eigenvalue weighted by Crippen LogP contribution is -2.33. The molecule has 0 aromatic heterocycles. The number of anilines is 1. The summed E-state index contributed by atoms with van der Waals surface area (Å²) in [6.45, 7) is 3.81. The summed E-state index contributed by atoms with van der Waals surface area (Å²) < 4.78 is 0. The molecule has 1 aliphatic heterocycles. The first-order valence-electron chi connectivity index (χ1n) is 9.97. The molecule has 1 heterocycles. The van der Waals surface area contributed by atoms with Gasteiger partial charge in [0.25, 0.3) is 5.69 Å². The summed E-state index contributed by atoms with van der Waals surface area (Å²) >= 11 is 0. The SMILES string of the molecule is CC(=C1[C@H]2C=C[C@H]1[C@@H]1C(=O)N(c3cc([N+](=O)[O-])ccc3C)C(=O)[C@H]12)c1ccccc1. The fourth-order valence-electron chi connectivity index (χ4n) is 5.31. The Morgan fingerprint density at radius 2 is 1.57 bits per heavy atom. The van der Waals surface area contributed by atoms with Crippen molar-refractivity contribution in [2.24, 2.45) is 23.7 Å². The Balaban J connectivity index is 1.56. The third kappa shape index (κ3) is 2.43. The van der Waals surface area contributed by atoms with Crippen molar-refractivity contribution in [2.75, 3.05) is 4.90 Å². The first kappa shape index (κ1) is 18.5. The van der Waals surface area contributed by atoms with Crippen LogP contribution in [0, 0.1) is 40.7 Å². The van der Waals surface area contributed by atoms with Crippen molar-refractivity contribution in [3.8, 4) is 0 Å². The summed E-state index contributed by atoms with van der Waals surface area (Å²) in [5.41, 5.74) is 4.21. The van der Waals surface area contributed by atoms with E-state index in [1.807, 2.05) is 42.5 Å². The highest BCUT2D eigenvalue weighted by molar-refractivity contribution is 6.23. The highest BCUT2D eigenvalue weighted by Crippen LogP contribution is 2.58. The molecule has 4 atom stereocenters. The van der Waals surface area contributed by atoms with Gasteiger partial charge >= 0.3 is 0 Å². The van der Waals surface area contributed by atoms with Gasteiger partial charge in [0.05, 0.1) is 22.4 Å². The van der Waals surface area contributed by atoms with E-state index in [0.717, 1.165) is 16.7 Å². The van der Waals surface area contributed by atoms with Crippen LogP contribution in [0.5, 0.6) is 0 Å². The smallest absolute Gasteiger partial charge is 0.271 e. The number of rotatable bonds is 3. The maximum Gasteiger partial charge on any atom is 0.271 e. The van der Waals surface area contributed by atoms with Gasteiger partial charge in [-0.15, -0.1) is 0 Å². The number of hydrogen-bond acceptors (Lipinski definition) is 4. The van der Waals surface area contributed by atoms with Crippen molar-refractivity contribution >= 4 is 28.8 Å². The minimum absolute atomic E-state index is 0.110. The predicted octanol–water partition coefficient (Wildman–Crippen LogP) is 4.30. The maximum atomic E-state index is 13.4. The largest absolute Gasteiger partial charge is 0.274 e. The zero-order valence-corrected chi connectivity index (χ0v) is 16.6. The van der Waals surface area contributed by atoms with E-state index in [2.05, 4.69) is 6.92 Å². The average molecular weight is 400 g/mol. The van der Waals surface area contributed by atoms with Gasteiger partial charge in [0.2, 0.25) is 11.8 Å². The number of carbonyl (C=O) groups is 2. The Morgan fingerprint density at radius 3 is 2.13 bits per heavy atom. The van der Waals surface area contributed by atoms with Crippen LogP contribution in [0.15, 0.2) is 66.3 Å². The van der Waals surface area contributed by atoms with Crippen LogP contribution in [0.2, 0.25) is 0 Å². The molecule has 0 spiro atoms. The second-order valence-corrected chi connectivity index (χ2v) is 8.17. The van der Waals surface area contributed by atoms with Gasteiger partial charge in [0.1, 0.15) is 0 Å². The van der Waals surface area contributed by atoms with E-state index in [1.54, 1.807) is 13.0 Å². The van der Waals surface area contributed by atoms with E-state index >= 15 is 0 Å². The van der Waals surface area contributed by atoms with E-state index in [9.17, 15) is 19.7 Å². The second-order valence-electron chi connectivity index (χ2n) is 8.17. The van der Waals surface area contributed by atoms with Gasteiger partial charge in [0.15, 0.2) is 0 Å². The van der Waals surface area contributed by atoms with Gasteiger partial charge in [-0.2, -0.15) is 0 Å². The van der Waals surface area contributed by atoms with Gasteiger partial charge in [-0.3, -0.25) is 19.7 Å². The summed E-state index contributed by atoms with van der Waals surface area (Å²) in [5.74, 6) is -1.63. The number of allylic oxidation sites excluding steroid dienone is 4. The first-order valence-corrected chi connectivity index (χ1v) is 9.97. The van der Waals surface area contributed by atoms with Crippen molar-refractivity contribution in [1.29, 1.82) is 0 Å². The van der Waals surface area contributed by atoms with Crippen LogP contribution in [0.25, 0.3) is 5.57 Å². The zero-order chi connectivity index (χ0) is 21.2. The van der Waals surface area contributed by atoms with Crippen LogP contribution in [0.4, 0.5) is 11.4 Å². The van der Waals surface area contributed by atoms with E-state index < -0.39 is 16.8 Å². The molecule has 2 aromatic carbocycles. The minimum Gasteiger partial charge on any atom is -0.274 e. The van der Waals surface area contributed by atoms with Crippen LogP contribution < -0.4 is 4.90 Å². The van der Waals surface area contributed by atoms with Gasteiger partial charge in [-0.25, -0.2) is 4.90 Å². The molecule has 2 amide bonds. The summed E-state index contributed by atoms with van der Waals surface area (Å²) in [7, 11) is 0. The molecule has 2 aliphatic carbocycles. The molecule has 2 aromatic rings. The number of non-ortho nitro benzene ring substituents is 1. The number of imide groups is 1. The molecule has 1 saturated heterocycles. The molecule has 2 fully saturated rings. The highest BCUT2D eigenvalue weighted by atomic mass is 16.6. The standard InChI is InChI=1S/C24H20N2O4/c1-13-8-9-16(26(29)30)12-19(13)25-23(27)21-17-10-11-18(22(21)24(25)28)20(17)14(2)15-6-4-3-5-7-15/h3-12,17-18,21-22H,1-2H3/t17-,18-,21+,22+/m1/s1. The third-order valence-electron chi connectivity index (χ3n) is 6.70. The summed E-state index contributed by atoms with van der Waals surface area (Å²) in [6.07, 6.45) is 4.09. The van der Waals surface area contributed by atoms with E-state index in [4.69, 9.17) is 0 Å². The Labute approximate surface area is 173 Å². The van der Waals surface area contributed by atoms with E-state index in [-0.39, 0.29) is 29.3 Å². The Hall–Kier alpha value is -3.54. The fourth-order valence-corrected chi connectivity index (χ4v) is 5.31. The summed E-state index contributed by atoms with van der Waals surface area (Å²) in [6, 6.07) is 14.3. The van der Waals surface area contributed by atoms with Crippen LogP contribution in [0.3, 0.4) is 0 Å². The normalized spacial score (nSPS) is 26.5. The van der Waals surface area contributed by atoms with Crippen LogP contribution in [-0.4, -0.2) is 16.7 Å². The number of nitro groups is 1. The number of fused-ring (bicyclic) bond motifs is 5. The Kier molecular flexibility index (Phi) is 4.00. The molecule has 30 heavy (non-hydrogen) atoms. The minimum atomic E-state index is -0.510. The van der Waals surface area contributed by atoms with Crippen LogP contribution in [-0.2, 0) is 9.59 Å². The molecule has 6 nitrogen and oxygen atoms in total. The molecular formula is C24H20N2O4. The highest BCUT2D eigenvalue weighted by Gasteiger charge is 2.62. The number of nitrogens with zero attached hydrogens (tertiary/aromatic N) is 2. The number of benzene rings is 2. The first-order chi connectivity index (χ1) is 14.4. The number of amides is 2. The van der Waals surface area contributed by atoms with Crippen molar-refractivity contribution in [2.45, 2.75) is 13.8 Å². The Morgan fingerprint density at radius 1 is 0.967 bits per heavy atom. The third-order valence-corrected chi connectivity index (χ3v) is 6.70. The number of nitro benzene ring substituents is 1. The number of hydrogen-bond donors (Lipinski definition) is 0. The molecule has 0 radical (unpaired) electrons. The van der Waals surface area contributed by atoms with Crippen molar-refractivity contribution in [3.63, 3.8) is 0 Å². The lowest BCUT2D eigenvalue weighted by Gasteiger charge is -2.21. The summed E-state index contributed by atoms with van der Waals surface area (Å²) in [5, 5.41) is 11.2. The zero-order valence-electron chi connectivity index (χ0n) is 16.6. The van der Waals surface area contributed by atoms with Crippen LogP contribution in [0.1, 0.15) is 18.1 Å². The number of aryl methyl sites for hydroxylation is 1. The maximum absolute atomic E-state index is 13.4. The molecule has 0 N–H and O–H groups in total. The number of carbonyl (C=O) groups excluding carboxylic acids is 2.